The van der Waals surface area contributed by atoms with E-state index < -0.39 is 11.2 Å². The van der Waals surface area contributed by atoms with Gasteiger partial charge in [0.05, 0.1) is 30.0 Å². The highest BCUT2D eigenvalue weighted by molar-refractivity contribution is 6.01. The summed E-state index contributed by atoms with van der Waals surface area (Å²) < 4.78 is 32.2. The van der Waals surface area contributed by atoms with E-state index in [9.17, 15) is 9.18 Å². The van der Waals surface area contributed by atoms with E-state index in [1.165, 1.54) is 19.1 Å². The second-order valence-electron chi connectivity index (χ2n) is 11.7. The van der Waals surface area contributed by atoms with Gasteiger partial charge in [-0.3, -0.25) is 9.78 Å². The molecule has 1 aromatic heterocycles. The van der Waals surface area contributed by atoms with Crippen molar-refractivity contribution >= 4 is 22.4 Å². The minimum absolute atomic E-state index is 0.237. The number of aromatic nitrogens is 1. The number of ether oxygens (including phenoxy) is 3. The van der Waals surface area contributed by atoms with E-state index in [1.54, 1.807) is 0 Å². The van der Waals surface area contributed by atoms with Crippen LogP contribution in [0.2, 0.25) is 0 Å². The Morgan fingerprint density at radius 2 is 1.82 bits per heavy atom. The minimum Gasteiger partial charge on any atom is -0.465 e. The lowest BCUT2D eigenvalue weighted by Crippen LogP contribution is -2.51. The standard InChI is InChI=1S/C32H36FNO4/c1-19(26-17-27(38-32(5,6)37-26)31(3,4)18-36-20(2)35)28-29(21-13-15-23(33)16-14-21)24-9-7-8-10-25(24)34-30(28)22-11-12-22/h7-10,13-16,22,26-27H,1,11-12,17-18H2,2-6H3. The number of hydrogen-bond acceptors (Lipinski definition) is 5. The summed E-state index contributed by atoms with van der Waals surface area (Å²) in [5.41, 5.74) is 5.25. The number of esters is 1. The van der Waals surface area contributed by atoms with Crippen LogP contribution in [0.5, 0.6) is 0 Å². The Morgan fingerprint density at radius 3 is 2.47 bits per heavy atom. The van der Waals surface area contributed by atoms with Gasteiger partial charge in [-0.15, -0.1) is 0 Å². The number of fused-ring (bicyclic) bond motifs is 1. The minimum atomic E-state index is -0.871. The first-order chi connectivity index (χ1) is 17.9. The summed E-state index contributed by atoms with van der Waals surface area (Å²) in [6, 6.07) is 14.7. The third kappa shape index (κ3) is 5.38. The van der Waals surface area contributed by atoms with E-state index in [4.69, 9.17) is 19.2 Å². The van der Waals surface area contributed by atoms with E-state index in [2.05, 4.69) is 12.6 Å². The topological polar surface area (TPSA) is 57.7 Å². The molecule has 1 saturated heterocycles. The molecule has 1 saturated carbocycles. The Bertz CT molecular complexity index is 1370. The summed E-state index contributed by atoms with van der Waals surface area (Å²) in [7, 11) is 0. The molecular formula is C32H36FNO4. The molecule has 0 N–H and O–H groups in total. The van der Waals surface area contributed by atoms with Crippen LogP contribution in [0.1, 0.15) is 71.1 Å². The predicted octanol–water partition coefficient (Wildman–Crippen LogP) is 7.43. The lowest BCUT2D eigenvalue weighted by molar-refractivity contribution is -0.307. The van der Waals surface area contributed by atoms with E-state index in [1.807, 2.05) is 58.0 Å². The number of carbonyl (C=O) groups is 1. The molecule has 38 heavy (non-hydrogen) atoms. The van der Waals surface area contributed by atoms with Gasteiger partial charge in [0, 0.05) is 41.2 Å². The van der Waals surface area contributed by atoms with Crippen molar-refractivity contribution in [1.82, 2.24) is 4.98 Å². The quantitative estimate of drug-likeness (QED) is 0.305. The average molecular weight is 518 g/mol. The Hall–Kier alpha value is -3.09. The number of hydrogen-bond donors (Lipinski definition) is 0. The van der Waals surface area contributed by atoms with Gasteiger partial charge in [-0.05, 0) is 56.0 Å². The zero-order chi connectivity index (χ0) is 27.2. The zero-order valence-electron chi connectivity index (χ0n) is 22.8. The van der Waals surface area contributed by atoms with Crippen molar-refractivity contribution in [3.8, 4) is 11.1 Å². The highest BCUT2D eigenvalue weighted by Crippen LogP contribution is 2.49. The second-order valence-corrected chi connectivity index (χ2v) is 11.7. The fraction of sp³-hybridized carbons (Fsp3) is 0.438. The molecule has 2 atom stereocenters. The number of halogens is 1. The molecule has 2 unspecified atom stereocenters. The number of nitrogens with zero attached hydrogens (tertiary/aromatic N) is 1. The third-order valence-corrected chi connectivity index (χ3v) is 7.53. The molecule has 200 valence electrons. The van der Waals surface area contributed by atoms with Crippen molar-refractivity contribution in [1.29, 1.82) is 0 Å². The largest absolute Gasteiger partial charge is 0.465 e. The molecule has 0 bridgehead atoms. The molecule has 6 heteroatoms. The monoisotopic (exact) mass is 517 g/mol. The first-order valence-corrected chi connectivity index (χ1v) is 13.3. The number of benzene rings is 2. The molecule has 3 aromatic rings. The van der Waals surface area contributed by atoms with Gasteiger partial charge in [-0.25, -0.2) is 4.39 Å². The van der Waals surface area contributed by atoms with Crippen molar-refractivity contribution in [3.63, 3.8) is 0 Å². The second kappa shape index (κ2) is 9.90. The van der Waals surface area contributed by atoms with Gasteiger partial charge >= 0.3 is 5.97 Å². The third-order valence-electron chi connectivity index (χ3n) is 7.53. The molecule has 1 aliphatic carbocycles. The molecule has 5 nitrogen and oxygen atoms in total. The van der Waals surface area contributed by atoms with Crippen molar-refractivity contribution in [2.24, 2.45) is 5.41 Å². The Morgan fingerprint density at radius 1 is 1.13 bits per heavy atom. The summed E-state index contributed by atoms with van der Waals surface area (Å²) in [6.07, 6.45) is 2.12. The first-order valence-electron chi connectivity index (χ1n) is 13.3. The van der Waals surface area contributed by atoms with Crippen LogP contribution < -0.4 is 0 Å². The molecule has 0 radical (unpaired) electrons. The van der Waals surface area contributed by atoms with Crippen LogP contribution >= 0.6 is 0 Å². The summed E-state index contributed by atoms with van der Waals surface area (Å²) in [6.45, 7) is 14.2. The summed E-state index contributed by atoms with van der Waals surface area (Å²) in [5, 5.41) is 0.998. The first kappa shape index (κ1) is 26.5. The maximum atomic E-state index is 13.9. The summed E-state index contributed by atoms with van der Waals surface area (Å²) in [4.78, 5) is 16.7. The molecular weight excluding hydrogens is 481 g/mol. The zero-order valence-corrected chi connectivity index (χ0v) is 22.8. The van der Waals surface area contributed by atoms with Gasteiger partial charge in [0.15, 0.2) is 5.79 Å². The molecule has 2 aromatic carbocycles. The van der Waals surface area contributed by atoms with Gasteiger partial charge in [0.2, 0.25) is 0 Å². The van der Waals surface area contributed by atoms with Gasteiger partial charge in [0.1, 0.15) is 5.82 Å². The van der Waals surface area contributed by atoms with Gasteiger partial charge in [0.25, 0.3) is 0 Å². The van der Waals surface area contributed by atoms with E-state index in [0.717, 1.165) is 51.7 Å². The van der Waals surface area contributed by atoms with Crippen LogP contribution in [0.15, 0.2) is 55.1 Å². The molecule has 0 spiro atoms. The van der Waals surface area contributed by atoms with Crippen LogP contribution in [0.25, 0.3) is 27.6 Å². The van der Waals surface area contributed by atoms with Gasteiger partial charge in [-0.2, -0.15) is 0 Å². The van der Waals surface area contributed by atoms with E-state index in [0.29, 0.717) is 12.3 Å². The lowest BCUT2D eigenvalue weighted by atomic mass is 9.80. The molecule has 2 fully saturated rings. The summed E-state index contributed by atoms with van der Waals surface area (Å²) >= 11 is 0. The molecule has 2 aliphatic rings. The molecule has 2 heterocycles. The Labute approximate surface area is 224 Å². The van der Waals surface area contributed by atoms with Gasteiger partial charge < -0.3 is 14.2 Å². The van der Waals surface area contributed by atoms with Gasteiger partial charge in [-0.1, -0.05) is 50.8 Å². The SMILES string of the molecule is C=C(c1c(C2CC2)nc2ccccc2c1-c1ccc(F)cc1)C1CC(C(C)(C)COC(C)=O)OC(C)(C)O1. The average Bonchev–Trinajstić information content (AvgIpc) is 3.71. The Balaban J connectivity index is 1.62. The van der Waals surface area contributed by atoms with E-state index in [-0.39, 0.29) is 30.6 Å². The summed E-state index contributed by atoms with van der Waals surface area (Å²) in [5.74, 6) is -1.10. The number of para-hydroxylation sites is 1. The Kier molecular flexibility index (Phi) is 6.91. The lowest BCUT2D eigenvalue weighted by Gasteiger charge is -2.47. The van der Waals surface area contributed by atoms with Crippen molar-refractivity contribution in [2.75, 3.05) is 6.61 Å². The van der Waals surface area contributed by atoms with Crippen LogP contribution in [0.3, 0.4) is 0 Å². The maximum Gasteiger partial charge on any atom is 0.302 e. The fourth-order valence-corrected chi connectivity index (χ4v) is 5.36. The van der Waals surface area contributed by atoms with Crippen molar-refractivity contribution in [2.45, 2.75) is 77.8 Å². The fourth-order valence-electron chi connectivity index (χ4n) is 5.36. The smallest absolute Gasteiger partial charge is 0.302 e. The normalized spacial score (nSPS) is 21.3. The number of carbonyl (C=O) groups excluding carboxylic acids is 1. The number of pyridine rings is 1. The van der Waals surface area contributed by atoms with Crippen LogP contribution in [0.4, 0.5) is 4.39 Å². The van der Waals surface area contributed by atoms with Crippen LogP contribution in [-0.2, 0) is 19.0 Å². The van der Waals surface area contributed by atoms with Crippen LogP contribution in [-0.4, -0.2) is 35.6 Å². The highest BCUT2D eigenvalue weighted by Gasteiger charge is 2.45. The van der Waals surface area contributed by atoms with E-state index >= 15 is 0 Å². The van der Waals surface area contributed by atoms with Crippen molar-refractivity contribution < 1.29 is 23.4 Å². The van der Waals surface area contributed by atoms with Crippen LogP contribution in [0, 0.1) is 11.2 Å². The molecule has 1 aliphatic heterocycles. The molecule has 0 amide bonds. The maximum absolute atomic E-state index is 13.9. The number of rotatable bonds is 7. The van der Waals surface area contributed by atoms with Crippen molar-refractivity contribution in [3.05, 3.63) is 72.2 Å². The highest BCUT2D eigenvalue weighted by atomic mass is 19.1. The predicted molar refractivity (Wildman–Crippen MR) is 147 cm³/mol. The molecule has 5 rings (SSSR count).